The molecule has 486 valence electrons. The molecule has 0 radical (unpaired) electrons. The van der Waals surface area contributed by atoms with Crippen molar-refractivity contribution in [2.45, 2.75) is 115 Å². The predicted molar refractivity (Wildman–Crippen MR) is 348 cm³/mol. The lowest BCUT2D eigenvalue weighted by molar-refractivity contribution is -0.143. The maximum absolute atomic E-state index is 14.5. The molecule has 11 rings (SSSR count). The van der Waals surface area contributed by atoms with E-state index in [0.29, 0.717) is 107 Å². The number of fused-ring (bicyclic) bond motifs is 14. The number of carbonyl (C=O) groups is 8. The third-order valence-corrected chi connectivity index (χ3v) is 21.8. The van der Waals surface area contributed by atoms with Gasteiger partial charge in [0.15, 0.2) is 0 Å². The Bertz CT molecular complexity index is 4120. The molecule has 2 fully saturated rings. The van der Waals surface area contributed by atoms with Gasteiger partial charge in [0.1, 0.15) is 88.3 Å². The number of hydrogen-bond acceptors (Lipinski definition) is 24. The Morgan fingerprint density at radius 1 is 0.667 bits per heavy atom. The van der Waals surface area contributed by atoms with Crippen LogP contribution in [-0.4, -0.2) is 131 Å². The summed E-state index contributed by atoms with van der Waals surface area (Å²) in [5, 5.41) is 54.5. The first kappa shape index (κ1) is 66.1. The molecule has 26 nitrogen and oxygen atoms in total. The largest absolute Gasteiger partial charge is 0.481 e. The van der Waals surface area contributed by atoms with Gasteiger partial charge in [-0.25, -0.2) is 39.7 Å². The summed E-state index contributed by atoms with van der Waals surface area (Å²) in [5.41, 5.74) is 2.34. The van der Waals surface area contributed by atoms with E-state index in [2.05, 4.69) is 26.6 Å². The number of aromatic nitrogens is 7. The van der Waals surface area contributed by atoms with E-state index in [1.54, 1.807) is 70.9 Å². The summed E-state index contributed by atoms with van der Waals surface area (Å²) in [6.07, 6.45) is -0.583. The molecule has 32 heteroatoms. The summed E-state index contributed by atoms with van der Waals surface area (Å²) in [5.74, 6) is -6.16. The van der Waals surface area contributed by atoms with Gasteiger partial charge in [0.25, 0.3) is 17.7 Å². The molecule has 6 amide bonds. The Morgan fingerprint density at radius 2 is 1.35 bits per heavy atom. The molecule has 8 N–H and O–H groups in total. The van der Waals surface area contributed by atoms with Gasteiger partial charge in [-0.1, -0.05) is 44.2 Å². The second-order valence-corrected chi connectivity index (χ2v) is 28.5. The molecule has 0 saturated heterocycles. The SMILES string of the molecule is CNC(=O)C[C@@H]1NC(=O)c2csc(n2)-c2ccc(-c3nc(N(C(=O)O[C@H]4CC[C@H](C(=O)O)CC4)C4CC[C@@H](C(=O)O)C4)cs3)nc2-c2csc(n2)-c2csc(n2)[C@H]([C@@H](O)c2ccccc2)NC(=O)CNC(=O)c2nc(sc2COC)C(C(C)C)NC(=O)c2nc1sc2C. The number of rotatable bonds is 13. The van der Waals surface area contributed by atoms with Crippen LogP contribution >= 0.6 is 68.0 Å². The number of carboxylic acid groups (broad SMARTS) is 2. The first-order valence-electron chi connectivity index (χ1n) is 29.6. The first-order valence-corrected chi connectivity index (χ1v) is 34.8. The molecule has 2 saturated carbocycles. The number of benzene rings is 1. The van der Waals surface area contributed by atoms with Crippen molar-refractivity contribution in [2.75, 3.05) is 25.6 Å². The fraction of sp³-hybridized carbons (Fsp3) is 0.393. The summed E-state index contributed by atoms with van der Waals surface area (Å²) in [7, 11) is 2.92. The van der Waals surface area contributed by atoms with E-state index < -0.39 is 102 Å². The molecular weight excluding hydrogens is 1320 g/mol. The van der Waals surface area contributed by atoms with Gasteiger partial charge in [0.05, 0.1) is 54.1 Å². The molecule has 7 aromatic heterocycles. The van der Waals surface area contributed by atoms with Crippen LogP contribution in [0.2, 0.25) is 0 Å². The highest BCUT2D eigenvalue weighted by atomic mass is 32.1. The third-order valence-electron chi connectivity index (χ3n) is 16.1. The van der Waals surface area contributed by atoms with E-state index in [-0.39, 0.29) is 53.3 Å². The zero-order chi connectivity index (χ0) is 65.8. The number of methoxy groups -OCH3 is 1. The van der Waals surface area contributed by atoms with Crippen LogP contribution in [0.4, 0.5) is 10.6 Å². The number of carbonyl (C=O) groups excluding carboxylic acids is 6. The molecular formula is C61H63N13O13S6. The second-order valence-electron chi connectivity index (χ2n) is 22.7. The molecule has 0 spiro atoms. The van der Waals surface area contributed by atoms with E-state index >= 15 is 0 Å². The van der Waals surface area contributed by atoms with Crippen molar-refractivity contribution in [1.29, 1.82) is 0 Å². The fourth-order valence-corrected chi connectivity index (χ4v) is 16.7. The lowest BCUT2D eigenvalue weighted by atomic mass is 9.87. The number of aliphatic hydroxyl groups excluding tert-OH is 1. The first-order chi connectivity index (χ1) is 44.7. The number of pyridine rings is 1. The minimum Gasteiger partial charge on any atom is -0.481 e. The molecule has 1 aliphatic heterocycles. The van der Waals surface area contributed by atoms with Crippen molar-refractivity contribution in [3.05, 3.63) is 111 Å². The van der Waals surface area contributed by atoms with Gasteiger partial charge in [-0.15, -0.1) is 68.0 Å². The summed E-state index contributed by atoms with van der Waals surface area (Å²) in [6.45, 7) is 4.89. The van der Waals surface area contributed by atoms with E-state index in [9.17, 15) is 53.7 Å². The summed E-state index contributed by atoms with van der Waals surface area (Å²) in [6, 6.07) is 8.71. The van der Waals surface area contributed by atoms with Gasteiger partial charge >= 0.3 is 18.0 Å². The van der Waals surface area contributed by atoms with Crippen molar-refractivity contribution < 1.29 is 63.1 Å². The molecule has 6 atom stereocenters. The van der Waals surface area contributed by atoms with Crippen LogP contribution in [0.1, 0.15) is 151 Å². The van der Waals surface area contributed by atoms with Crippen molar-refractivity contribution in [1.82, 2.24) is 61.5 Å². The lowest BCUT2D eigenvalue weighted by Gasteiger charge is -2.31. The van der Waals surface area contributed by atoms with Gasteiger partial charge < -0.3 is 51.4 Å². The molecule has 93 heavy (non-hydrogen) atoms. The summed E-state index contributed by atoms with van der Waals surface area (Å²) < 4.78 is 11.5. The van der Waals surface area contributed by atoms with Crippen LogP contribution < -0.4 is 31.5 Å². The Labute approximate surface area is 555 Å². The van der Waals surface area contributed by atoms with E-state index in [1.165, 1.54) is 53.1 Å². The number of aliphatic hydroxyl groups is 1. The van der Waals surface area contributed by atoms with Gasteiger partial charge in [-0.2, -0.15) is 0 Å². The molecule has 2 unspecified atom stereocenters. The van der Waals surface area contributed by atoms with Crippen LogP contribution in [0, 0.1) is 24.7 Å². The van der Waals surface area contributed by atoms with Gasteiger partial charge in [-0.3, -0.25) is 38.5 Å². The van der Waals surface area contributed by atoms with Crippen LogP contribution in [-0.2, 0) is 35.3 Å². The van der Waals surface area contributed by atoms with Gasteiger partial charge in [0, 0.05) is 52.2 Å². The number of aryl methyl sites for hydroxylation is 1. The van der Waals surface area contributed by atoms with Gasteiger partial charge in [0.2, 0.25) is 11.8 Å². The van der Waals surface area contributed by atoms with Crippen molar-refractivity contribution in [2.24, 2.45) is 17.8 Å². The normalized spacial score (nSPS) is 20.8. The van der Waals surface area contributed by atoms with E-state index in [4.69, 9.17) is 44.4 Å². The van der Waals surface area contributed by atoms with Crippen molar-refractivity contribution >= 4 is 121 Å². The third kappa shape index (κ3) is 14.9. The van der Waals surface area contributed by atoms with E-state index in [0.717, 1.165) is 34.0 Å². The Hall–Kier alpha value is -8.37. The minimum absolute atomic E-state index is 0.0110. The zero-order valence-electron chi connectivity index (χ0n) is 50.6. The minimum atomic E-state index is -1.31. The monoisotopic (exact) mass is 1380 g/mol. The highest BCUT2D eigenvalue weighted by Gasteiger charge is 2.40. The number of hydrogen-bond donors (Lipinski definition) is 8. The van der Waals surface area contributed by atoms with Crippen molar-refractivity contribution in [3.8, 4) is 43.4 Å². The number of ether oxygens (including phenoxy) is 2. The second kappa shape index (κ2) is 28.9. The number of nitrogens with zero attached hydrogens (tertiary/aromatic N) is 8. The number of nitrogens with one attached hydrogen (secondary N) is 5. The number of thiazole rings is 6. The molecule has 8 heterocycles. The number of anilines is 1. The molecule has 1 aromatic carbocycles. The summed E-state index contributed by atoms with van der Waals surface area (Å²) in [4.78, 5) is 145. The van der Waals surface area contributed by atoms with E-state index in [1.807, 2.05) is 13.8 Å². The Morgan fingerprint density at radius 3 is 2.08 bits per heavy atom. The average molecular weight is 1380 g/mol. The number of amides is 6. The Balaban J connectivity index is 0.979. The zero-order valence-corrected chi connectivity index (χ0v) is 55.5. The van der Waals surface area contributed by atoms with Crippen LogP contribution in [0.15, 0.2) is 64.0 Å². The van der Waals surface area contributed by atoms with Crippen LogP contribution in [0.5, 0.6) is 0 Å². The van der Waals surface area contributed by atoms with Gasteiger partial charge in [-0.05, 0) is 75.5 Å². The predicted octanol–water partition coefficient (Wildman–Crippen LogP) is 9.15. The smallest absolute Gasteiger partial charge is 0.416 e. The fourth-order valence-electron chi connectivity index (χ4n) is 11.2. The number of carboxylic acids is 2. The molecule has 8 aromatic rings. The quantitative estimate of drug-likeness (QED) is 0.0533. The topological polar surface area (TPSA) is 369 Å². The highest BCUT2D eigenvalue weighted by Crippen LogP contribution is 2.42. The highest BCUT2D eigenvalue weighted by molar-refractivity contribution is 7.15. The molecule has 10 bridgehead atoms. The van der Waals surface area contributed by atoms with Crippen LogP contribution in [0.3, 0.4) is 0 Å². The van der Waals surface area contributed by atoms with Crippen LogP contribution in [0.25, 0.3) is 43.4 Å². The lowest BCUT2D eigenvalue weighted by Crippen LogP contribution is -2.42. The Kier molecular flexibility index (Phi) is 20.5. The molecule has 2 aliphatic carbocycles. The molecule has 3 aliphatic rings. The van der Waals surface area contributed by atoms with Crippen molar-refractivity contribution in [3.63, 3.8) is 0 Å². The summed E-state index contributed by atoms with van der Waals surface area (Å²) >= 11 is 7.01. The standard InChI is InChI=1S/C61H63N13O13S6/c1-27(2)44-58-73-47(40(93-58)22-86-5)51(79)63-21-43(76)70-48(49(77)29-9-7-6-8-10-29)57-68-39(25-90-57)55-66-37(23-89-55)46-34(53-67-38(24-88-53)50(78)65-36(20-42(75)62-4)56-72-45(28(3)92-56)52(80)71-44)17-18-35(64-46)54-69-41(26-91-54)74(32-14-11-31(19-32)60(83)84)61(85)87-33-15-12-30(13-16-33)59(81)82/h6-10,17-18,23-27,30-33,36,44,48-49,77H,11-16,19-22H2,1-5H3,(H,62,75)(H,63,79)(H,65,78)(H,70,76)(H,71,80)(H,81,82)(H,83,84)/t30-,31-,32?,33-,36+,44?,48+,49+/m1/s1. The number of aliphatic carboxylic acids is 2. The maximum atomic E-state index is 14.5. The average Bonchev–Trinajstić information content (AvgIpc) is 1.71. The maximum Gasteiger partial charge on any atom is 0.416 e.